The van der Waals surface area contributed by atoms with E-state index in [2.05, 4.69) is 34.0 Å². The average molecular weight is 305 g/mol. The van der Waals surface area contributed by atoms with Gasteiger partial charge in [-0.25, -0.2) is 0 Å². The maximum Gasteiger partial charge on any atom is 0.120 e. The fourth-order valence-electron chi connectivity index (χ4n) is 2.33. The van der Waals surface area contributed by atoms with Crippen molar-refractivity contribution in [2.75, 3.05) is 7.05 Å². The highest BCUT2D eigenvalue weighted by atomic mass is 32.1. The molecule has 5 heteroatoms. The Bertz CT molecular complexity index is 568. The first-order chi connectivity index (χ1) is 10.2. The molecular formula is C16H23N3OS. The van der Waals surface area contributed by atoms with Crippen molar-refractivity contribution < 1.29 is 4.74 Å². The Morgan fingerprint density at radius 3 is 2.81 bits per heavy atom. The minimum absolute atomic E-state index is 0.113. The van der Waals surface area contributed by atoms with Crippen molar-refractivity contribution in [3.05, 3.63) is 40.4 Å². The van der Waals surface area contributed by atoms with Crippen molar-refractivity contribution in [2.45, 2.75) is 45.8 Å². The van der Waals surface area contributed by atoms with Crippen molar-refractivity contribution in [1.82, 2.24) is 14.9 Å². The van der Waals surface area contributed by atoms with E-state index < -0.39 is 0 Å². The zero-order valence-electron chi connectivity index (χ0n) is 13.1. The molecule has 4 nitrogen and oxygen atoms in total. The normalized spacial score (nSPS) is 12.6. The summed E-state index contributed by atoms with van der Waals surface area (Å²) < 4.78 is 9.92. The monoisotopic (exact) mass is 305 g/mol. The zero-order valence-corrected chi connectivity index (χ0v) is 13.9. The van der Waals surface area contributed by atoms with Gasteiger partial charge in [0.15, 0.2) is 0 Å². The molecule has 0 saturated carbocycles. The second-order valence-electron chi connectivity index (χ2n) is 5.29. The van der Waals surface area contributed by atoms with Crippen LogP contribution in [0.25, 0.3) is 0 Å². The van der Waals surface area contributed by atoms with Crippen LogP contribution in [0.1, 0.15) is 49.4 Å². The summed E-state index contributed by atoms with van der Waals surface area (Å²) in [5.41, 5.74) is 2.27. The minimum Gasteiger partial charge on any atom is -0.491 e. The van der Waals surface area contributed by atoms with E-state index in [1.54, 1.807) is 0 Å². The van der Waals surface area contributed by atoms with Crippen LogP contribution >= 0.6 is 11.5 Å². The van der Waals surface area contributed by atoms with Crippen molar-refractivity contribution in [3.63, 3.8) is 0 Å². The number of nitrogens with one attached hydrogen (secondary N) is 1. The maximum absolute atomic E-state index is 5.79. The van der Waals surface area contributed by atoms with Crippen molar-refractivity contribution >= 4 is 11.5 Å². The Morgan fingerprint density at radius 2 is 2.14 bits per heavy atom. The molecule has 1 heterocycles. The lowest BCUT2D eigenvalue weighted by molar-refractivity contribution is 0.242. The molecule has 0 bridgehead atoms. The van der Waals surface area contributed by atoms with Gasteiger partial charge in [0.1, 0.15) is 5.75 Å². The first-order valence-electron chi connectivity index (χ1n) is 7.40. The number of benzene rings is 1. The van der Waals surface area contributed by atoms with Gasteiger partial charge in [-0.05, 0) is 56.5 Å². The summed E-state index contributed by atoms with van der Waals surface area (Å²) in [6.45, 7) is 6.23. The highest BCUT2D eigenvalue weighted by Gasteiger charge is 2.19. The van der Waals surface area contributed by atoms with Gasteiger partial charge in [-0.3, -0.25) is 0 Å². The molecule has 1 aromatic heterocycles. The molecule has 0 aliphatic heterocycles. The summed E-state index contributed by atoms with van der Waals surface area (Å²) in [5.74, 6) is 0.900. The van der Waals surface area contributed by atoms with E-state index in [0.717, 1.165) is 24.3 Å². The third kappa shape index (κ3) is 4.02. The van der Waals surface area contributed by atoms with E-state index in [1.807, 2.05) is 33.0 Å². The molecule has 1 atom stereocenters. The quantitative estimate of drug-likeness (QED) is 0.849. The van der Waals surface area contributed by atoms with Crippen LogP contribution in [0.5, 0.6) is 5.75 Å². The molecule has 1 N–H and O–H groups in total. The fourth-order valence-corrected chi connectivity index (χ4v) is 3.17. The van der Waals surface area contributed by atoms with Gasteiger partial charge in [0.2, 0.25) is 0 Å². The summed E-state index contributed by atoms with van der Waals surface area (Å²) in [6.07, 6.45) is 2.21. The van der Waals surface area contributed by atoms with Gasteiger partial charge in [0, 0.05) is 0 Å². The van der Waals surface area contributed by atoms with Gasteiger partial charge in [-0.1, -0.05) is 30.0 Å². The topological polar surface area (TPSA) is 47.0 Å². The first kappa shape index (κ1) is 15.9. The third-order valence-electron chi connectivity index (χ3n) is 3.19. The van der Waals surface area contributed by atoms with E-state index in [-0.39, 0.29) is 12.1 Å². The molecule has 0 saturated heterocycles. The number of hydrogen-bond donors (Lipinski definition) is 1. The Morgan fingerprint density at radius 1 is 1.33 bits per heavy atom. The van der Waals surface area contributed by atoms with Crippen molar-refractivity contribution in [1.29, 1.82) is 0 Å². The van der Waals surface area contributed by atoms with Crippen LogP contribution in [-0.2, 0) is 6.42 Å². The van der Waals surface area contributed by atoms with E-state index in [4.69, 9.17) is 4.74 Å². The number of ether oxygens (including phenoxy) is 1. The minimum atomic E-state index is 0.113. The number of hydrogen-bond acceptors (Lipinski definition) is 5. The van der Waals surface area contributed by atoms with Gasteiger partial charge < -0.3 is 10.1 Å². The molecule has 114 valence electrons. The van der Waals surface area contributed by atoms with Gasteiger partial charge in [-0.2, -0.15) is 0 Å². The van der Waals surface area contributed by atoms with Crippen LogP contribution in [0.4, 0.5) is 0 Å². The summed E-state index contributed by atoms with van der Waals surface area (Å²) in [4.78, 5) is 1.20. The maximum atomic E-state index is 5.79. The third-order valence-corrected chi connectivity index (χ3v) is 4.02. The first-order valence-corrected chi connectivity index (χ1v) is 8.18. The van der Waals surface area contributed by atoms with Gasteiger partial charge in [-0.15, -0.1) is 5.10 Å². The molecule has 1 aromatic carbocycles. The molecule has 0 radical (unpaired) electrons. The highest BCUT2D eigenvalue weighted by molar-refractivity contribution is 7.05. The molecule has 0 amide bonds. The van der Waals surface area contributed by atoms with E-state index in [9.17, 15) is 0 Å². The van der Waals surface area contributed by atoms with Crippen LogP contribution in [0.3, 0.4) is 0 Å². The average Bonchev–Trinajstić information content (AvgIpc) is 2.88. The Balaban J connectivity index is 2.30. The Kier molecular flexibility index (Phi) is 5.70. The smallest absolute Gasteiger partial charge is 0.120 e. The van der Waals surface area contributed by atoms with E-state index in [0.29, 0.717) is 0 Å². The second-order valence-corrected chi connectivity index (χ2v) is 6.08. The molecule has 21 heavy (non-hydrogen) atoms. The van der Waals surface area contributed by atoms with Crippen molar-refractivity contribution in [2.24, 2.45) is 0 Å². The lowest BCUT2D eigenvalue weighted by atomic mass is 10.0. The predicted octanol–water partition coefficient (Wildman–Crippen LogP) is 3.59. The summed E-state index contributed by atoms with van der Waals surface area (Å²) in [5, 5.41) is 7.64. The molecule has 0 aliphatic carbocycles. The lowest BCUT2D eigenvalue weighted by Gasteiger charge is -2.17. The number of aromatic nitrogens is 2. The van der Waals surface area contributed by atoms with Crippen molar-refractivity contribution in [3.8, 4) is 5.75 Å². The predicted molar refractivity (Wildman–Crippen MR) is 87.0 cm³/mol. The summed E-state index contributed by atoms with van der Waals surface area (Å²) in [7, 11) is 1.97. The lowest BCUT2D eigenvalue weighted by Crippen LogP contribution is -2.18. The number of aryl methyl sites for hydroxylation is 1. The van der Waals surface area contributed by atoms with Crippen LogP contribution in [0, 0.1) is 0 Å². The van der Waals surface area contributed by atoms with E-state index in [1.165, 1.54) is 22.0 Å². The van der Waals surface area contributed by atoms with E-state index >= 15 is 0 Å². The van der Waals surface area contributed by atoms with Gasteiger partial charge in [0.25, 0.3) is 0 Å². The molecular weight excluding hydrogens is 282 g/mol. The Hall–Kier alpha value is -1.46. The molecule has 0 fully saturated rings. The number of nitrogens with zero attached hydrogens (tertiary/aromatic N) is 2. The van der Waals surface area contributed by atoms with Gasteiger partial charge >= 0.3 is 0 Å². The second kappa shape index (κ2) is 7.52. The highest BCUT2D eigenvalue weighted by Crippen LogP contribution is 2.29. The molecule has 0 aliphatic rings. The largest absolute Gasteiger partial charge is 0.491 e. The Labute approximate surface area is 130 Å². The van der Waals surface area contributed by atoms with Crippen LogP contribution < -0.4 is 10.1 Å². The zero-order chi connectivity index (χ0) is 15.2. The standard InChI is InChI=1S/C16H23N3OS/c1-5-7-14-16(21-19-18-14)15(17-4)12-8-6-9-13(10-12)20-11(2)3/h6,8-11,15,17H,5,7H2,1-4H3. The molecule has 1 unspecified atom stereocenters. The van der Waals surface area contributed by atoms with Crippen LogP contribution in [0.2, 0.25) is 0 Å². The van der Waals surface area contributed by atoms with Crippen LogP contribution in [-0.4, -0.2) is 22.7 Å². The molecule has 2 rings (SSSR count). The molecule has 2 aromatic rings. The summed E-state index contributed by atoms with van der Waals surface area (Å²) in [6, 6.07) is 8.35. The molecule has 0 spiro atoms. The SMILES string of the molecule is CCCc1nnsc1C(NC)c1cccc(OC(C)C)c1. The van der Waals surface area contributed by atoms with Gasteiger partial charge in [0.05, 0.1) is 22.7 Å². The van der Waals surface area contributed by atoms with Crippen LogP contribution in [0.15, 0.2) is 24.3 Å². The fraction of sp³-hybridized carbons (Fsp3) is 0.500. The summed E-state index contributed by atoms with van der Waals surface area (Å²) >= 11 is 1.47. The number of rotatable bonds is 7.